The quantitative estimate of drug-likeness (QED) is 0.413. The third-order valence-corrected chi connectivity index (χ3v) is 7.06. The molecule has 0 aliphatic carbocycles. The SMILES string of the molecule is COc1ccc(OC)c([C@@H]2C3=C(Nc4ncnn42)c2cc(Cl)ccc2O[C@@H]3c2cccs2)c1. The molecule has 0 saturated carbocycles. The van der Waals surface area contributed by atoms with Crippen LogP contribution in [0.3, 0.4) is 0 Å². The van der Waals surface area contributed by atoms with Crippen LogP contribution in [0.15, 0.2) is 65.8 Å². The molecule has 0 unspecified atom stereocenters. The molecular weight excluding hydrogens is 460 g/mol. The van der Waals surface area contributed by atoms with Crippen molar-refractivity contribution in [3.05, 3.63) is 86.8 Å². The van der Waals surface area contributed by atoms with Crippen LogP contribution in [0.25, 0.3) is 5.70 Å². The lowest BCUT2D eigenvalue weighted by atomic mass is 9.86. The number of aromatic nitrogens is 3. The second kappa shape index (κ2) is 7.83. The van der Waals surface area contributed by atoms with E-state index in [9.17, 15) is 0 Å². The predicted octanol–water partition coefficient (Wildman–Crippen LogP) is 5.57. The number of halogens is 1. The van der Waals surface area contributed by atoms with Gasteiger partial charge in [-0.3, -0.25) is 0 Å². The Balaban J connectivity index is 1.67. The summed E-state index contributed by atoms with van der Waals surface area (Å²) in [6, 6.07) is 15.2. The summed E-state index contributed by atoms with van der Waals surface area (Å²) < 4.78 is 19.8. The summed E-state index contributed by atoms with van der Waals surface area (Å²) in [5, 5.41) is 10.7. The van der Waals surface area contributed by atoms with Crippen molar-refractivity contribution in [3.8, 4) is 17.2 Å². The highest BCUT2D eigenvalue weighted by molar-refractivity contribution is 7.10. The maximum absolute atomic E-state index is 6.59. The van der Waals surface area contributed by atoms with Gasteiger partial charge >= 0.3 is 0 Å². The van der Waals surface area contributed by atoms with Gasteiger partial charge in [0.15, 0.2) is 6.10 Å². The van der Waals surface area contributed by atoms with Gasteiger partial charge in [-0.05, 0) is 47.8 Å². The number of fused-ring (bicyclic) bond motifs is 3. The lowest BCUT2D eigenvalue weighted by molar-refractivity contribution is 0.226. The van der Waals surface area contributed by atoms with Crippen LogP contribution in [0.1, 0.15) is 28.1 Å². The fraction of sp³-hybridized carbons (Fsp3) is 0.167. The number of hydrogen-bond acceptors (Lipinski definition) is 7. The van der Waals surface area contributed by atoms with Crippen molar-refractivity contribution in [1.82, 2.24) is 14.8 Å². The van der Waals surface area contributed by atoms with Gasteiger partial charge in [0.2, 0.25) is 5.95 Å². The van der Waals surface area contributed by atoms with E-state index in [-0.39, 0.29) is 12.1 Å². The maximum Gasteiger partial charge on any atom is 0.226 e. The Morgan fingerprint density at radius 2 is 2.03 bits per heavy atom. The van der Waals surface area contributed by atoms with E-state index in [1.54, 1.807) is 31.9 Å². The zero-order valence-electron chi connectivity index (χ0n) is 17.8. The first-order valence-electron chi connectivity index (χ1n) is 10.3. The van der Waals surface area contributed by atoms with Gasteiger partial charge < -0.3 is 19.5 Å². The van der Waals surface area contributed by atoms with E-state index in [2.05, 4.69) is 26.8 Å². The average molecular weight is 479 g/mol. The summed E-state index contributed by atoms with van der Waals surface area (Å²) in [4.78, 5) is 5.55. The Kier molecular flexibility index (Phi) is 4.78. The summed E-state index contributed by atoms with van der Waals surface area (Å²) in [5.74, 6) is 2.83. The van der Waals surface area contributed by atoms with Gasteiger partial charge in [0.25, 0.3) is 0 Å². The zero-order chi connectivity index (χ0) is 22.5. The van der Waals surface area contributed by atoms with Gasteiger partial charge in [-0.15, -0.1) is 11.3 Å². The average Bonchev–Trinajstić information content (AvgIpc) is 3.54. The minimum Gasteiger partial charge on any atom is -0.497 e. The van der Waals surface area contributed by atoms with E-state index in [1.165, 1.54) is 0 Å². The normalized spacial score (nSPS) is 18.5. The van der Waals surface area contributed by atoms with Crippen molar-refractivity contribution in [1.29, 1.82) is 0 Å². The Labute approximate surface area is 199 Å². The Morgan fingerprint density at radius 3 is 2.82 bits per heavy atom. The molecule has 166 valence electrons. The van der Waals surface area contributed by atoms with E-state index in [0.29, 0.717) is 11.0 Å². The van der Waals surface area contributed by atoms with Crippen LogP contribution in [-0.2, 0) is 0 Å². The molecule has 7 nitrogen and oxygen atoms in total. The number of ether oxygens (including phenoxy) is 3. The number of nitrogens with one attached hydrogen (secondary N) is 1. The van der Waals surface area contributed by atoms with E-state index in [0.717, 1.165) is 44.5 Å². The highest BCUT2D eigenvalue weighted by atomic mass is 35.5. The second-order valence-electron chi connectivity index (χ2n) is 7.65. The molecule has 9 heteroatoms. The molecule has 2 aromatic heterocycles. The summed E-state index contributed by atoms with van der Waals surface area (Å²) in [6.45, 7) is 0. The molecule has 2 aliphatic heterocycles. The molecule has 0 amide bonds. The van der Waals surface area contributed by atoms with Gasteiger partial charge in [-0.2, -0.15) is 10.1 Å². The monoisotopic (exact) mass is 478 g/mol. The zero-order valence-corrected chi connectivity index (χ0v) is 19.4. The number of methoxy groups -OCH3 is 2. The van der Waals surface area contributed by atoms with Crippen molar-refractivity contribution in [2.75, 3.05) is 19.5 Å². The number of thiophene rings is 1. The van der Waals surface area contributed by atoms with Crippen LogP contribution in [0.2, 0.25) is 5.02 Å². The standard InChI is InChI=1S/C24H19ClN4O3S/c1-30-14-6-8-17(31-2)16(11-14)22-20-21(28-24-26-12-27-29(22)24)15-10-13(25)5-7-18(15)32-23(20)19-4-3-9-33-19/h3-12,22-23H,1-2H3,(H,26,27,28)/t22-,23-/m1/s1. The Morgan fingerprint density at radius 1 is 1.12 bits per heavy atom. The summed E-state index contributed by atoms with van der Waals surface area (Å²) >= 11 is 8.04. The largest absolute Gasteiger partial charge is 0.497 e. The lowest BCUT2D eigenvalue weighted by Gasteiger charge is -2.38. The molecule has 2 aliphatic rings. The highest BCUT2D eigenvalue weighted by Gasteiger charge is 2.42. The van der Waals surface area contributed by atoms with Gasteiger partial charge in [-0.1, -0.05) is 17.7 Å². The topological polar surface area (TPSA) is 70.4 Å². The van der Waals surface area contributed by atoms with Crippen molar-refractivity contribution in [2.24, 2.45) is 0 Å². The van der Waals surface area contributed by atoms with E-state index in [4.69, 9.17) is 25.8 Å². The van der Waals surface area contributed by atoms with Gasteiger partial charge in [0.05, 0.1) is 19.9 Å². The van der Waals surface area contributed by atoms with Crippen molar-refractivity contribution in [2.45, 2.75) is 12.1 Å². The number of anilines is 1. The smallest absolute Gasteiger partial charge is 0.226 e. The summed E-state index contributed by atoms with van der Waals surface area (Å²) in [5.41, 5.74) is 3.68. The lowest BCUT2D eigenvalue weighted by Crippen LogP contribution is -2.32. The third-order valence-electron chi connectivity index (χ3n) is 5.91. The minimum atomic E-state index is -0.344. The first-order chi connectivity index (χ1) is 16.2. The highest BCUT2D eigenvalue weighted by Crippen LogP contribution is 2.53. The fourth-order valence-electron chi connectivity index (χ4n) is 4.47. The molecule has 4 aromatic rings. The number of hydrogen-bond donors (Lipinski definition) is 1. The first-order valence-corrected chi connectivity index (χ1v) is 11.6. The van der Waals surface area contributed by atoms with Crippen LogP contribution in [0.4, 0.5) is 5.95 Å². The molecule has 4 heterocycles. The number of benzene rings is 2. The summed E-state index contributed by atoms with van der Waals surface area (Å²) in [7, 11) is 3.31. The number of rotatable bonds is 4. The molecule has 0 saturated heterocycles. The molecule has 2 atom stereocenters. The molecule has 6 rings (SSSR count). The van der Waals surface area contributed by atoms with Gasteiger partial charge in [-0.25, -0.2) is 4.68 Å². The van der Waals surface area contributed by atoms with E-state index < -0.39 is 0 Å². The second-order valence-corrected chi connectivity index (χ2v) is 9.06. The van der Waals surface area contributed by atoms with Crippen molar-refractivity contribution in [3.63, 3.8) is 0 Å². The molecule has 0 bridgehead atoms. The van der Waals surface area contributed by atoms with Crippen LogP contribution in [0, 0.1) is 0 Å². The molecule has 1 N–H and O–H groups in total. The van der Waals surface area contributed by atoms with Crippen molar-refractivity contribution >= 4 is 34.6 Å². The van der Waals surface area contributed by atoms with Gasteiger partial charge in [0, 0.05) is 26.6 Å². The van der Waals surface area contributed by atoms with Crippen LogP contribution >= 0.6 is 22.9 Å². The molecular formula is C24H19ClN4O3S. The fourth-order valence-corrected chi connectivity index (χ4v) is 5.42. The minimum absolute atomic E-state index is 0.334. The predicted molar refractivity (Wildman–Crippen MR) is 127 cm³/mol. The number of nitrogens with zero attached hydrogens (tertiary/aromatic N) is 3. The van der Waals surface area contributed by atoms with Crippen molar-refractivity contribution < 1.29 is 14.2 Å². The van der Waals surface area contributed by atoms with Gasteiger partial charge in [0.1, 0.15) is 29.6 Å². The molecule has 0 spiro atoms. The Hall–Kier alpha value is -3.49. The Bertz CT molecular complexity index is 1380. The third kappa shape index (κ3) is 3.17. The first kappa shape index (κ1) is 20.1. The molecule has 0 radical (unpaired) electrons. The molecule has 0 fully saturated rings. The molecule has 2 aromatic carbocycles. The molecule has 33 heavy (non-hydrogen) atoms. The van der Waals surface area contributed by atoms with E-state index in [1.807, 2.05) is 47.1 Å². The van der Waals surface area contributed by atoms with E-state index >= 15 is 0 Å². The maximum atomic E-state index is 6.59. The summed E-state index contributed by atoms with van der Waals surface area (Å²) in [6.07, 6.45) is 1.21. The van der Waals surface area contributed by atoms with Crippen LogP contribution in [-0.4, -0.2) is 29.0 Å². The van der Waals surface area contributed by atoms with Crippen LogP contribution in [0.5, 0.6) is 17.2 Å². The van der Waals surface area contributed by atoms with Crippen LogP contribution < -0.4 is 19.5 Å².